The highest BCUT2D eigenvalue weighted by atomic mass is 16.6. The summed E-state index contributed by atoms with van der Waals surface area (Å²) in [6.45, 7) is 6.83. The van der Waals surface area contributed by atoms with Gasteiger partial charge in [0.15, 0.2) is 0 Å². The van der Waals surface area contributed by atoms with Crippen molar-refractivity contribution in [2.45, 2.75) is 70.6 Å². The predicted molar refractivity (Wildman–Crippen MR) is 71.5 cm³/mol. The lowest BCUT2D eigenvalue weighted by atomic mass is 10.2. The third-order valence-electron chi connectivity index (χ3n) is 3.55. The molecule has 2 atom stereocenters. The number of rotatable bonds is 4. The fourth-order valence-electron chi connectivity index (χ4n) is 2.43. The Morgan fingerprint density at radius 3 is 2.44 bits per heavy atom. The molecule has 4 heteroatoms. The Labute approximate surface area is 110 Å². The first-order valence-corrected chi connectivity index (χ1v) is 7.15. The smallest absolute Gasteiger partial charge is 0.407 e. The van der Waals surface area contributed by atoms with Crippen LogP contribution in [0.3, 0.4) is 0 Å². The Bertz CT molecular complexity index is 295. The van der Waals surface area contributed by atoms with Crippen LogP contribution in [0.15, 0.2) is 0 Å². The Balaban J connectivity index is 1.63. The van der Waals surface area contributed by atoms with Gasteiger partial charge in [-0.1, -0.05) is 0 Å². The zero-order chi connectivity index (χ0) is 13.2. The quantitative estimate of drug-likeness (QED) is 0.810. The van der Waals surface area contributed by atoms with Crippen LogP contribution in [0.1, 0.15) is 52.9 Å². The average molecular weight is 254 g/mol. The fraction of sp³-hybridized carbons (Fsp3) is 0.929. The van der Waals surface area contributed by atoms with Gasteiger partial charge in [-0.05, 0) is 65.3 Å². The van der Waals surface area contributed by atoms with Crippen molar-refractivity contribution in [2.75, 3.05) is 6.54 Å². The molecule has 0 heterocycles. The molecule has 2 aliphatic carbocycles. The van der Waals surface area contributed by atoms with E-state index < -0.39 is 5.60 Å². The Kier molecular flexibility index (Phi) is 4.15. The molecule has 0 aromatic carbocycles. The Hall–Kier alpha value is -0.770. The van der Waals surface area contributed by atoms with Gasteiger partial charge in [0, 0.05) is 12.1 Å². The highest BCUT2D eigenvalue weighted by Crippen LogP contribution is 2.29. The first kappa shape index (κ1) is 13.7. The molecule has 0 radical (unpaired) electrons. The molecule has 2 fully saturated rings. The fourth-order valence-corrected chi connectivity index (χ4v) is 2.43. The minimum atomic E-state index is -0.410. The zero-order valence-corrected chi connectivity index (χ0v) is 11.8. The second-order valence-corrected chi connectivity index (χ2v) is 6.70. The SMILES string of the molecule is CC(C)(C)OC(=O)NC1CCC(NCC2CC2)C1. The maximum absolute atomic E-state index is 11.6. The van der Waals surface area contributed by atoms with Crippen LogP contribution in [0.4, 0.5) is 4.79 Å². The van der Waals surface area contributed by atoms with E-state index >= 15 is 0 Å². The molecule has 104 valence electrons. The third-order valence-corrected chi connectivity index (χ3v) is 3.55. The van der Waals surface area contributed by atoms with Crippen molar-refractivity contribution in [1.82, 2.24) is 10.6 Å². The van der Waals surface area contributed by atoms with E-state index in [0.717, 1.165) is 31.7 Å². The van der Waals surface area contributed by atoms with Crippen molar-refractivity contribution in [1.29, 1.82) is 0 Å². The second-order valence-electron chi connectivity index (χ2n) is 6.70. The topological polar surface area (TPSA) is 50.4 Å². The van der Waals surface area contributed by atoms with Gasteiger partial charge in [0.25, 0.3) is 0 Å². The molecule has 2 N–H and O–H groups in total. The van der Waals surface area contributed by atoms with E-state index in [4.69, 9.17) is 4.74 Å². The van der Waals surface area contributed by atoms with Crippen LogP contribution in [-0.2, 0) is 4.74 Å². The van der Waals surface area contributed by atoms with Crippen molar-refractivity contribution in [3.05, 3.63) is 0 Å². The molecular weight excluding hydrogens is 228 g/mol. The average Bonchev–Trinajstić information content (AvgIpc) is 2.94. The Morgan fingerprint density at radius 2 is 1.83 bits per heavy atom. The van der Waals surface area contributed by atoms with Gasteiger partial charge in [0.05, 0.1) is 0 Å². The minimum absolute atomic E-state index is 0.275. The lowest BCUT2D eigenvalue weighted by Gasteiger charge is -2.21. The van der Waals surface area contributed by atoms with E-state index in [2.05, 4.69) is 10.6 Å². The molecule has 0 aromatic rings. The van der Waals surface area contributed by atoms with Crippen LogP contribution in [0, 0.1) is 5.92 Å². The second kappa shape index (κ2) is 5.47. The maximum Gasteiger partial charge on any atom is 0.407 e. The van der Waals surface area contributed by atoms with E-state index in [1.165, 1.54) is 12.8 Å². The molecule has 0 spiro atoms. The number of ether oxygens (including phenoxy) is 1. The summed E-state index contributed by atoms with van der Waals surface area (Å²) < 4.78 is 5.27. The number of alkyl carbamates (subject to hydrolysis) is 1. The van der Waals surface area contributed by atoms with Crippen LogP contribution in [0.25, 0.3) is 0 Å². The molecule has 0 bridgehead atoms. The van der Waals surface area contributed by atoms with Gasteiger partial charge >= 0.3 is 6.09 Å². The third kappa shape index (κ3) is 4.84. The van der Waals surface area contributed by atoms with Crippen molar-refractivity contribution < 1.29 is 9.53 Å². The van der Waals surface area contributed by atoms with Crippen molar-refractivity contribution in [2.24, 2.45) is 5.92 Å². The summed E-state index contributed by atoms with van der Waals surface area (Å²) in [6, 6.07) is 0.849. The number of carbonyl (C=O) groups is 1. The monoisotopic (exact) mass is 254 g/mol. The van der Waals surface area contributed by atoms with Crippen LogP contribution in [-0.4, -0.2) is 30.3 Å². The summed E-state index contributed by atoms with van der Waals surface area (Å²) in [5.74, 6) is 0.919. The number of hydrogen-bond acceptors (Lipinski definition) is 3. The van der Waals surface area contributed by atoms with Gasteiger partial charge in [-0.25, -0.2) is 4.79 Å². The molecule has 2 saturated carbocycles. The highest BCUT2D eigenvalue weighted by Gasteiger charge is 2.29. The van der Waals surface area contributed by atoms with Gasteiger partial charge in [-0.15, -0.1) is 0 Å². The number of nitrogens with one attached hydrogen (secondary N) is 2. The van der Waals surface area contributed by atoms with Crippen LogP contribution in [0.2, 0.25) is 0 Å². The molecular formula is C14H26N2O2. The molecule has 2 unspecified atom stereocenters. The van der Waals surface area contributed by atoms with Gasteiger partial charge < -0.3 is 15.4 Å². The molecule has 1 amide bonds. The van der Waals surface area contributed by atoms with E-state index in [9.17, 15) is 4.79 Å². The predicted octanol–water partition coefficient (Wildman–Crippen LogP) is 2.43. The molecule has 4 nitrogen and oxygen atoms in total. The molecule has 0 aliphatic heterocycles. The van der Waals surface area contributed by atoms with Crippen LogP contribution in [0.5, 0.6) is 0 Å². The molecule has 0 saturated heterocycles. The summed E-state index contributed by atoms with van der Waals surface area (Å²) in [7, 11) is 0. The minimum Gasteiger partial charge on any atom is -0.444 e. The van der Waals surface area contributed by atoms with Crippen molar-refractivity contribution in [3.63, 3.8) is 0 Å². The maximum atomic E-state index is 11.6. The largest absolute Gasteiger partial charge is 0.444 e. The van der Waals surface area contributed by atoms with Crippen LogP contribution < -0.4 is 10.6 Å². The summed E-state index contributed by atoms with van der Waals surface area (Å²) in [5.41, 5.74) is -0.410. The summed E-state index contributed by atoms with van der Waals surface area (Å²) in [4.78, 5) is 11.6. The van der Waals surface area contributed by atoms with E-state index in [-0.39, 0.29) is 12.1 Å². The summed E-state index contributed by atoms with van der Waals surface area (Å²) in [6.07, 6.45) is 5.75. The molecule has 0 aromatic heterocycles. The first-order chi connectivity index (χ1) is 8.42. The Morgan fingerprint density at radius 1 is 1.17 bits per heavy atom. The standard InChI is InChI=1S/C14H26N2O2/c1-14(2,3)18-13(17)16-12-7-6-11(8-12)15-9-10-4-5-10/h10-12,15H,4-9H2,1-3H3,(H,16,17). The molecule has 18 heavy (non-hydrogen) atoms. The van der Waals surface area contributed by atoms with E-state index in [1.54, 1.807) is 0 Å². The molecule has 2 aliphatic rings. The number of amides is 1. The van der Waals surface area contributed by atoms with Gasteiger partial charge in [0.2, 0.25) is 0 Å². The van der Waals surface area contributed by atoms with Crippen molar-refractivity contribution >= 4 is 6.09 Å². The van der Waals surface area contributed by atoms with Gasteiger partial charge in [0.1, 0.15) is 5.60 Å². The number of carbonyl (C=O) groups excluding carboxylic acids is 1. The lowest BCUT2D eigenvalue weighted by Crippen LogP contribution is -2.39. The molecule has 2 rings (SSSR count). The first-order valence-electron chi connectivity index (χ1n) is 7.15. The lowest BCUT2D eigenvalue weighted by molar-refractivity contribution is 0.0505. The van der Waals surface area contributed by atoms with Gasteiger partial charge in [-0.2, -0.15) is 0 Å². The highest BCUT2D eigenvalue weighted by molar-refractivity contribution is 5.68. The summed E-state index contributed by atoms with van der Waals surface area (Å²) >= 11 is 0. The number of hydrogen-bond donors (Lipinski definition) is 2. The van der Waals surface area contributed by atoms with Crippen molar-refractivity contribution in [3.8, 4) is 0 Å². The normalized spacial score (nSPS) is 28.2. The zero-order valence-electron chi connectivity index (χ0n) is 11.8. The van der Waals surface area contributed by atoms with Gasteiger partial charge in [-0.3, -0.25) is 0 Å². The summed E-state index contributed by atoms with van der Waals surface area (Å²) in [5, 5.41) is 6.57. The van der Waals surface area contributed by atoms with E-state index in [1.807, 2.05) is 20.8 Å². The van der Waals surface area contributed by atoms with Crippen LogP contribution >= 0.6 is 0 Å². The van der Waals surface area contributed by atoms with E-state index in [0.29, 0.717) is 6.04 Å².